The molecule has 1 heterocycles. The van der Waals surface area contributed by atoms with Crippen molar-refractivity contribution < 1.29 is 14.4 Å². The molecule has 1 saturated heterocycles. The Kier molecular flexibility index (Phi) is 3.61. The molecule has 0 spiro atoms. The molecule has 2 fully saturated rings. The predicted octanol–water partition coefficient (Wildman–Crippen LogP) is -0.0129. The lowest BCUT2D eigenvalue weighted by molar-refractivity contribution is -0.131. The zero-order chi connectivity index (χ0) is 12.3. The van der Waals surface area contributed by atoms with Crippen molar-refractivity contribution in [3.8, 4) is 0 Å². The number of amides is 4. The molecule has 0 unspecified atom stereocenters. The molecule has 0 bridgehead atoms. The standard InChI is InChI=1S/C11H17N3O3/c15-9(13-8-4-2-1-3-5-8)7-14-10(16)6-12-11(14)17/h8H,1-7H2,(H,12,17)(H,13,15). The molecule has 0 aromatic carbocycles. The van der Waals surface area contributed by atoms with Gasteiger partial charge in [0.1, 0.15) is 6.54 Å². The first-order valence-electron chi connectivity index (χ1n) is 6.04. The van der Waals surface area contributed by atoms with Crippen LogP contribution in [0.25, 0.3) is 0 Å². The molecule has 6 heteroatoms. The minimum Gasteiger partial charge on any atom is -0.352 e. The van der Waals surface area contributed by atoms with E-state index in [1.54, 1.807) is 0 Å². The summed E-state index contributed by atoms with van der Waals surface area (Å²) >= 11 is 0. The summed E-state index contributed by atoms with van der Waals surface area (Å²) in [6, 6.07) is -0.272. The lowest BCUT2D eigenvalue weighted by Crippen LogP contribution is -2.44. The number of urea groups is 1. The highest BCUT2D eigenvalue weighted by molar-refractivity contribution is 6.04. The zero-order valence-corrected chi connectivity index (χ0v) is 9.70. The van der Waals surface area contributed by atoms with Crippen molar-refractivity contribution >= 4 is 17.8 Å². The van der Waals surface area contributed by atoms with Crippen LogP contribution in [0.5, 0.6) is 0 Å². The van der Waals surface area contributed by atoms with Crippen LogP contribution in [0.1, 0.15) is 32.1 Å². The van der Waals surface area contributed by atoms with Gasteiger partial charge in [-0.3, -0.25) is 14.5 Å². The van der Waals surface area contributed by atoms with E-state index in [1.807, 2.05) is 0 Å². The topological polar surface area (TPSA) is 78.5 Å². The van der Waals surface area contributed by atoms with E-state index in [1.165, 1.54) is 6.42 Å². The fourth-order valence-electron chi connectivity index (χ4n) is 2.28. The molecule has 1 saturated carbocycles. The third kappa shape index (κ3) is 2.95. The number of nitrogens with zero attached hydrogens (tertiary/aromatic N) is 1. The maximum Gasteiger partial charge on any atom is 0.325 e. The summed E-state index contributed by atoms with van der Waals surface area (Å²) in [5, 5.41) is 5.26. The van der Waals surface area contributed by atoms with E-state index in [9.17, 15) is 14.4 Å². The molecule has 94 valence electrons. The summed E-state index contributed by atoms with van der Waals surface area (Å²) < 4.78 is 0. The molecule has 1 aliphatic heterocycles. The quantitative estimate of drug-likeness (QED) is 0.680. The number of imide groups is 1. The first kappa shape index (κ1) is 11.9. The molecule has 6 nitrogen and oxygen atoms in total. The SMILES string of the molecule is O=C(CN1C(=O)CNC1=O)NC1CCCCC1. The third-order valence-corrected chi connectivity index (χ3v) is 3.21. The monoisotopic (exact) mass is 239 g/mol. The van der Waals surface area contributed by atoms with Gasteiger partial charge in [0, 0.05) is 6.04 Å². The lowest BCUT2D eigenvalue weighted by Gasteiger charge is -2.23. The number of carbonyl (C=O) groups is 3. The summed E-state index contributed by atoms with van der Waals surface area (Å²) in [6.07, 6.45) is 5.47. The molecule has 1 aliphatic carbocycles. The average Bonchev–Trinajstić information content (AvgIpc) is 2.62. The number of hydrogen-bond acceptors (Lipinski definition) is 3. The van der Waals surface area contributed by atoms with Crippen molar-refractivity contribution in [3.05, 3.63) is 0 Å². The minimum absolute atomic E-state index is 0.00442. The molecule has 0 atom stereocenters. The van der Waals surface area contributed by atoms with Crippen LogP contribution >= 0.6 is 0 Å². The van der Waals surface area contributed by atoms with Crippen molar-refractivity contribution in [3.63, 3.8) is 0 Å². The molecule has 2 rings (SSSR count). The van der Waals surface area contributed by atoms with Gasteiger partial charge in [0.05, 0.1) is 6.54 Å². The Morgan fingerprint density at radius 3 is 2.59 bits per heavy atom. The van der Waals surface area contributed by atoms with Gasteiger partial charge in [-0.15, -0.1) is 0 Å². The molecule has 17 heavy (non-hydrogen) atoms. The van der Waals surface area contributed by atoms with E-state index in [0.29, 0.717) is 0 Å². The normalized spacial score (nSPS) is 21.5. The molecule has 0 aromatic rings. The summed E-state index contributed by atoms with van der Waals surface area (Å²) in [5.74, 6) is -0.587. The van der Waals surface area contributed by atoms with Crippen LogP contribution in [0.4, 0.5) is 4.79 Å². The van der Waals surface area contributed by atoms with Crippen molar-refractivity contribution in [1.29, 1.82) is 0 Å². The van der Waals surface area contributed by atoms with Crippen molar-refractivity contribution in [2.45, 2.75) is 38.1 Å². The summed E-state index contributed by atoms with van der Waals surface area (Å²) in [5.41, 5.74) is 0. The van der Waals surface area contributed by atoms with E-state index in [2.05, 4.69) is 10.6 Å². The largest absolute Gasteiger partial charge is 0.352 e. The Balaban J connectivity index is 1.80. The molecule has 4 amide bonds. The van der Waals surface area contributed by atoms with Crippen LogP contribution in [0.2, 0.25) is 0 Å². The fraction of sp³-hybridized carbons (Fsp3) is 0.727. The Morgan fingerprint density at radius 1 is 1.29 bits per heavy atom. The predicted molar refractivity (Wildman–Crippen MR) is 60.1 cm³/mol. The minimum atomic E-state index is -0.478. The van der Waals surface area contributed by atoms with Gasteiger partial charge in [0.15, 0.2) is 0 Å². The molecular formula is C11H17N3O3. The number of carbonyl (C=O) groups excluding carboxylic acids is 3. The fourth-order valence-corrected chi connectivity index (χ4v) is 2.28. The van der Waals surface area contributed by atoms with E-state index >= 15 is 0 Å². The van der Waals surface area contributed by atoms with Gasteiger partial charge < -0.3 is 10.6 Å². The van der Waals surface area contributed by atoms with Crippen molar-refractivity contribution in [2.24, 2.45) is 0 Å². The highest BCUT2D eigenvalue weighted by atomic mass is 16.2. The maximum atomic E-state index is 11.7. The second-order valence-corrected chi connectivity index (χ2v) is 4.54. The first-order chi connectivity index (χ1) is 8.16. The lowest BCUT2D eigenvalue weighted by atomic mass is 9.95. The van der Waals surface area contributed by atoms with E-state index in [0.717, 1.165) is 30.6 Å². The Morgan fingerprint density at radius 2 is 2.00 bits per heavy atom. The van der Waals surface area contributed by atoms with Crippen LogP contribution in [-0.2, 0) is 9.59 Å². The van der Waals surface area contributed by atoms with E-state index in [4.69, 9.17) is 0 Å². The number of hydrogen-bond donors (Lipinski definition) is 2. The Labute approximate surface area is 99.7 Å². The number of rotatable bonds is 3. The van der Waals surface area contributed by atoms with Crippen LogP contribution < -0.4 is 10.6 Å². The maximum absolute atomic E-state index is 11.7. The first-order valence-corrected chi connectivity index (χ1v) is 6.04. The second-order valence-electron chi connectivity index (χ2n) is 4.54. The molecule has 0 aromatic heterocycles. The molecule has 2 aliphatic rings. The van der Waals surface area contributed by atoms with Crippen molar-refractivity contribution in [1.82, 2.24) is 15.5 Å². The summed E-state index contributed by atoms with van der Waals surface area (Å²) in [4.78, 5) is 35.1. The van der Waals surface area contributed by atoms with Gasteiger partial charge in [0.25, 0.3) is 5.91 Å². The van der Waals surface area contributed by atoms with Gasteiger partial charge in [-0.1, -0.05) is 19.3 Å². The van der Waals surface area contributed by atoms with Crippen LogP contribution in [0.15, 0.2) is 0 Å². The second kappa shape index (κ2) is 5.16. The van der Waals surface area contributed by atoms with Gasteiger partial charge in [-0.05, 0) is 12.8 Å². The smallest absolute Gasteiger partial charge is 0.325 e. The van der Waals surface area contributed by atoms with Crippen molar-refractivity contribution in [2.75, 3.05) is 13.1 Å². The Bertz CT molecular complexity index is 321. The summed E-state index contributed by atoms with van der Waals surface area (Å²) in [7, 11) is 0. The van der Waals surface area contributed by atoms with Gasteiger partial charge in [-0.25, -0.2) is 4.79 Å². The summed E-state index contributed by atoms with van der Waals surface area (Å²) in [6.45, 7) is -0.170. The molecule has 0 radical (unpaired) electrons. The Hall–Kier alpha value is -1.59. The van der Waals surface area contributed by atoms with Crippen LogP contribution in [0.3, 0.4) is 0 Å². The van der Waals surface area contributed by atoms with E-state index < -0.39 is 6.03 Å². The zero-order valence-electron chi connectivity index (χ0n) is 9.70. The molecular weight excluding hydrogens is 222 g/mol. The van der Waals surface area contributed by atoms with Gasteiger partial charge in [-0.2, -0.15) is 0 Å². The molecule has 2 N–H and O–H groups in total. The highest BCUT2D eigenvalue weighted by Gasteiger charge is 2.30. The van der Waals surface area contributed by atoms with Gasteiger partial charge >= 0.3 is 6.03 Å². The number of nitrogens with one attached hydrogen (secondary N) is 2. The third-order valence-electron chi connectivity index (χ3n) is 3.21. The van der Waals surface area contributed by atoms with E-state index in [-0.39, 0.29) is 30.9 Å². The highest BCUT2D eigenvalue weighted by Crippen LogP contribution is 2.17. The van der Waals surface area contributed by atoms with Crippen LogP contribution in [-0.4, -0.2) is 41.9 Å². The average molecular weight is 239 g/mol. The van der Waals surface area contributed by atoms with Crippen LogP contribution in [0, 0.1) is 0 Å². The van der Waals surface area contributed by atoms with Gasteiger partial charge in [0.2, 0.25) is 5.91 Å².